The fourth-order valence-corrected chi connectivity index (χ4v) is 4.72. The van der Waals surface area contributed by atoms with Gasteiger partial charge in [0.05, 0.1) is 11.7 Å². The van der Waals surface area contributed by atoms with Crippen molar-refractivity contribution in [3.05, 3.63) is 54.4 Å². The molecule has 0 aliphatic heterocycles. The number of nitrogen functional groups attached to an aromatic ring is 1. The summed E-state index contributed by atoms with van der Waals surface area (Å²) in [7, 11) is 0. The molecule has 0 bridgehead atoms. The number of anilines is 3. The number of carbonyl (C=O) groups is 2. The molecular weight excluding hydrogens is 454 g/mol. The van der Waals surface area contributed by atoms with Gasteiger partial charge in [-0.05, 0) is 55.0 Å². The van der Waals surface area contributed by atoms with E-state index in [-0.39, 0.29) is 29.3 Å². The standard InChI is InChI=1S/C27H35N7O2/c1-27(2,3)22-15-25(34(33-22)21-9-4-6-17(12-21)13-24(29)35)32-26(36)31-20-8-5-7-18(14-20)19-10-11-23(28)30-16-19/h5,7-8,10-11,14-17,21H,4,6,9,12-13H2,1-3H3,(H2,28,30)(H2,29,35)(H2,31,32,36). The van der Waals surface area contributed by atoms with Gasteiger partial charge in [-0.3, -0.25) is 10.1 Å². The van der Waals surface area contributed by atoms with Crippen molar-refractivity contribution in [2.45, 2.75) is 64.3 Å². The number of hydrogen-bond donors (Lipinski definition) is 4. The molecule has 9 heteroatoms. The number of carbonyl (C=O) groups excluding carboxylic acids is 2. The molecule has 0 spiro atoms. The first-order valence-corrected chi connectivity index (χ1v) is 12.4. The molecule has 4 rings (SSSR count). The Morgan fingerprint density at radius 1 is 1.08 bits per heavy atom. The number of urea groups is 1. The van der Waals surface area contributed by atoms with Crippen LogP contribution in [0.2, 0.25) is 0 Å². The van der Waals surface area contributed by atoms with Crippen molar-refractivity contribution in [1.82, 2.24) is 14.8 Å². The quantitative estimate of drug-likeness (QED) is 0.382. The van der Waals surface area contributed by atoms with E-state index in [1.165, 1.54) is 0 Å². The van der Waals surface area contributed by atoms with Gasteiger partial charge in [-0.25, -0.2) is 14.5 Å². The number of primary amides is 1. The van der Waals surface area contributed by atoms with Crippen molar-refractivity contribution in [2.24, 2.45) is 11.7 Å². The summed E-state index contributed by atoms with van der Waals surface area (Å²) in [6, 6.07) is 12.9. The molecule has 2 heterocycles. The van der Waals surface area contributed by atoms with Gasteiger partial charge in [0.2, 0.25) is 5.91 Å². The fourth-order valence-electron chi connectivity index (χ4n) is 4.72. The monoisotopic (exact) mass is 489 g/mol. The molecule has 1 saturated carbocycles. The minimum Gasteiger partial charge on any atom is -0.384 e. The van der Waals surface area contributed by atoms with Crippen molar-refractivity contribution in [3.8, 4) is 11.1 Å². The van der Waals surface area contributed by atoms with Crippen LogP contribution in [0.1, 0.15) is 64.6 Å². The second kappa shape index (κ2) is 10.4. The lowest BCUT2D eigenvalue weighted by Gasteiger charge is -2.30. The van der Waals surface area contributed by atoms with Crippen LogP contribution in [0.5, 0.6) is 0 Å². The third kappa shape index (κ3) is 6.21. The first-order valence-electron chi connectivity index (χ1n) is 12.4. The minimum atomic E-state index is -0.353. The first kappa shape index (κ1) is 25.2. The van der Waals surface area contributed by atoms with Crippen molar-refractivity contribution in [1.29, 1.82) is 0 Å². The van der Waals surface area contributed by atoms with Gasteiger partial charge in [-0.2, -0.15) is 5.10 Å². The number of nitrogens with two attached hydrogens (primary N) is 2. The molecule has 2 aromatic heterocycles. The third-order valence-corrected chi connectivity index (χ3v) is 6.58. The highest BCUT2D eigenvalue weighted by molar-refractivity contribution is 5.99. The van der Waals surface area contributed by atoms with Gasteiger partial charge >= 0.3 is 6.03 Å². The summed E-state index contributed by atoms with van der Waals surface area (Å²) in [4.78, 5) is 28.7. The molecule has 1 aliphatic rings. The molecule has 36 heavy (non-hydrogen) atoms. The number of benzene rings is 1. The Morgan fingerprint density at radius 2 is 1.89 bits per heavy atom. The van der Waals surface area contributed by atoms with E-state index < -0.39 is 0 Å². The Balaban J connectivity index is 1.52. The van der Waals surface area contributed by atoms with Crippen LogP contribution in [0.25, 0.3) is 11.1 Å². The summed E-state index contributed by atoms with van der Waals surface area (Å²) >= 11 is 0. The predicted molar refractivity (Wildman–Crippen MR) is 142 cm³/mol. The third-order valence-electron chi connectivity index (χ3n) is 6.58. The van der Waals surface area contributed by atoms with E-state index in [4.69, 9.17) is 16.6 Å². The molecule has 1 aliphatic carbocycles. The van der Waals surface area contributed by atoms with Crippen LogP contribution in [0.15, 0.2) is 48.7 Å². The Kier molecular flexibility index (Phi) is 7.28. The van der Waals surface area contributed by atoms with Crippen LogP contribution >= 0.6 is 0 Å². The molecule has 0 radical (unpaired) electrons. The molecule has 3 aromatic rings. The normalized spacial score (nSPS) is 18.0. The lowest BCUT2D eigenvalue weighted by atomic mass is 9.83. The zero-order valence-corrected chi connectivity index (χ0v) is 21.1. The molecule has 3 amide bonds. The van der Waals surface area contributed by atoms with Crippen LogP contribution in [0.4, 0.5) is 22.1 Å². The molecule has 6 N–H and O–H groups in total. The van der Waals surface area contributed by atoms with E-state index in [1.807, 2.05) is 41.1 Å². The van der Waals surface area contributed by atoms with E-state index in [2.05, 4.69) is 36.4 Å². The molecule has 0 saturated heterocycles. The summed E-state index contributed by atoms with van der Waals surface area (Å²) in [5.41, 5.74) is 14.3. The zero-order valence-electron chi connectivity index (χ0n) is 21.1. The molecule has 1 fully saturated rings. The van der Waals surface area contributed by atoms with Crippen molar-refractivity contribution < 1.29 is 9.59 Å². The maximum absolute atomic E-state index is 13.0. The molecule has 9 nitrogen and oxygen atoms in total. The van der Waals surface area contributed by atoms with Crippen molar-refractivity contribution >= 4 is 29.3 Å². The molecule has 2 unspecified atom stereocenters. The number of rotatable bonds is 6. The van der Waals surface area contributed by atoms with E-state index in [1.54, 1.807) is 12.3 Å². The predicted octanol–water partition coefficient (Wildman–Crippen LogP) is 5.08. The number of amides is 3. The Bertz CT molecular complexity index is 1230. The number of aromatic nitrogens is 3. The van der Waals surface area contributed by atoms with Crippen LogP contribution in [0, 0.1) is 5.92 Å². The maximum atomic E-state index is 13.0. The first-order chi connectivity index (χ1) is 17.1. The van der Waals surface area contributed by atoms with E-state index >= 15 is 0 Å². The number of nitrogens with zero attached hydrogens (tertiary/aromatic N) is 3. The van der Waals surface area contributed by atoms with Gasteiger partial charge in [-0.1, -0.05) is 39.3 Å². The highest BCUT2D eigenvalue weighted by Crippen LogP contribution is 2.37. The SMILES string of the molecule is CC(C)(C)c1cc(NC(=O)Nc2cccc(-c3ccc(N)nc3)c2)n(C2CCCC(CC(N)=O)C2)n1. The van der Waals surface area contributed by atoms with Crippen LogP contribution < -0.4 is 22.1 Å². The molecule has 190 valence electrons. The van der Waals surface area contributed by atoms with Crippen LogP contribution in [-0.4, -0.2) is 26.7 Å². The molecule has 1 aromatic carbocycles. The van der Waals surface area contributed by atoms with Crippen LogP contribution in [-0.2, 0) is 10.2 Å². The Hall–Kier alpha value is -3.88. The second-order valence-electron chi connectivity index (χ2n) is 10.6. The lowest BCUT2D eigenvalue weighted by molar-refractivity contribution is -0.119. The number of nitrogens with one attached hydrogen (secondary N) is 2. The van der Waals surface area contributed by atoms with Crippen molar-refractivity contribution in [2.75, 3.05) is 16.4 Å². The zero-order chi connectivity index (χ0) is 25.9. The number of hydrogen-bond acceptors (Lipinski definition) is 5. The van der Waals surface area contributed by atoms with Crippen molar-refractivity contribution in [3.63, 3.8) is 0 Å². The Morgan fingerprint density at radius 3 is 2.58 bits per heavy atom. The van der Waals surface area contributed by atoms with Gasteiger partial charge < -0.3 is 16.8 Å². The molecule has 2 atom stereocenters. The largest absolute Gasteiger partial charge is 0.384 e. The Labute approximate surface area is 211 Å². The van der Waals surface area contributed by atoms with Gasteiger partial charge in [-0.15, -0.1) is 0 Å². The highest BCUT2D eigenvalue weighted by Gasteiger charge is 2.29. The summed E-state index contributed by atoms with van der Waals surface area (Å²) in [6.07, 6.45) is 5.81. The number of pyridine rings is 1. The minimum absolute atomic E-state index is 0.0934. The van der Waals surface area contributed by atoms with Crippen LogP contribution in [0.3, 0.4) is 0 Å². The fraction of sp³-hybridized carbons (Fsp3) is 0.407. The van der Waals surface area contributed by atoms with Gasteiger partial charge in [0.25, 0.3) is 0 Å². The summed E-state index contributed by atoms with van der Waals surface area (Å²) in [6.45, 7) is 6.29. The van der Waals surface area contributed by atoms with Gasteiger partial charge in [0, 0.05) is 35.3 Å². The average molecular weight is 490 g/mol. The van der Waals surface area contributed by atoms with Gasteiger partial charge in [0.1, 0.15) is 11.6 Å². The second-order valence-corrected chi connectivity index (χ2v) is 10.6. The topological polar surface area (TPSA) is 141 Å². The lowest BCUT2D eigenvalue weighted by Crippen LogP contribution is -2.27. The van der Waals surface area contributed by atoms with Gasteiger partial charge in [0.15, 0.2) is 0 Å². The summed E-state index contributed by atoms with van der Waals surface area (Å²) in [5, 5.41) is 10.8. The average Bonchev–Trinajstić information content (AvgIpc) is 3.24. The van der Waals surface area contributed by atoms with E-state index in [0.29, 0.717) is 23.7 Å². The van der Waals surface area contributed by atoms with E-state index in [0.717, 1.165) is 42.5 Å². The summed E-state index contributed by atoms with van der Waals surface area (Å²) in [5.74, 6) is 1.06. The highest BCUT2D eigenvalue weighted by atomic mass is 16.2. The molecular formula is C27H35N7O2. The van der Waals surface area contributed by atoms with E-state index in [9.17, 15) is 9.59 Å². The maximum Gasteiger partial charge on any atom is 0.324 e. The summed E-state index contributed by atoms with van der Waals surface area (Å²) < 4.78 is 1.92. The smallest absolute Gasteiger partial charge is 0.324 e.